The van der Waals surface area contributed by atoms with Crippen molar-refractivity contribution in [1.29, 1.82) is 0 Å². The van der Waals surface area contributed by atoms with Gasteiger partial charge in [0.2, 0.25) is 0 Å². The van der Waals surface area contributed by atoms with Crippen LogP contribution < -0.4 is 9.47 Å². The maximum Gasteiger partial charge on any atom is 0.161 e. The van der Waals surface area contributed by atoms with E-state index in [1.54, 1.807) is 24.3 Å². The van der Waals surface area contributed by atoms with Gasteiger partial charge in [-0.2, -0.15) is 0 Å². The van der Waals surface area contributed by atoms with E-state index in [1.165, 1.54) is 12.1 Å². The summed E-state index contributed by atoms with van der Waals surface area (Å²) in [7, 11) is 0. The first-order chi connectivity index (χ1) is 9.63. The van der Waals surface area contributed by atoms with Crippen LogP contribution in [0.1, 0.15) is 17.2 Å². The number of hydrogen-bond acceptors (Lipinski definition) is 3. The number of aliphatic hydroxyl groups excluding tert-OH is 1. The molecule has 20 heavy (non-hydrogen) atoms. The average Bonchev–Trinajstić information content (AvgIpc) is 2.45. The lowest BCUT2D eigenvalue weighted by molar-refractivity contribution is 0.169. The van der Waals surface area contributed by atoms with Gasteiger partial charge >= 0.3 is 0 Å². The molecule has 3 rings (SSSR count). The molecule has 1 N–H and O–H groups in total. The molecule has 0 saturated heterocycles. The molecule has 0 aromatic heterocycles. The fourth-order valence-electron chi connectivity index (χ4n) is 2.16. The third-order valence-corrected chi connectivity index (χ3v) is 3.54. The summed E-state index contributed by atoms with van der Waals surface area (Å²) >= 11 is 3.22. The Morgan fingerprint density at radius 1 is 1.00 bits per heavy atom. The summed E-state index contributed by atoms with van der Waals surface area (Å²) in [5.74, 6) is 0.863. The van der Waals surface area contributed by atoms with Crippen LogP contribution in [-0.2, 0) is 0 Å². The highest BCUT2D eigenvalue weighted by molar-refractivity contribution is 9.10. The largest absolute Gasteiger partial charge is 0.486 e. The third-order valence-electron chi connectivity index (χ3n) is 3.08. The second-order valence-corrected chi connectivity index (χ2v) is 5.42. The van der Waals surface area contributed by atoms with Crippen LogP contribution in [0.15, 0.2) is 40.9 Å². The molecule has 1 aliphatic rings. The maximum absolute atomic E-state index is 13.4. The minimum atomic E-state index is -0.919. The van der Waals surface area contributed by atoms with Crippen LogP contribution in [0.2, 0.25) is 0 Å². The lowest BCUT2D eigenvalue weighted by atomic mass is 10.0. The Balaban J connectivity index is 1.95. The summed E-state index contributed by atoms with van der Waals surface area (Å²) in [4.78, 5) is 0. The van der Waals surface area contributed by atoms with Gasteiger partial charge in [-0.1, -0.05) is 22.0 Å². The summed E-state index contributed by atoms with van der Waals surface area (Å²) in [5.41, 5.74) is 1.11. The van der Waals surface area contributed by atoms with E-state index >= 15 is 0 Å². The zero-order valence-corrected chi connectivity index (χ0v) is 12.1. The van der Waals surface area contributed by atoms with Crippen LogP contribution in [0.5, 0.6) is 11.5 Å². The molecule has 0 radical (unpaired) electrons. The van der Waals surface area contributed by atoms with Crippen molar-refractivity contribution in [2.24, 2.45) is 0 Å². The Kier molecular flexibility index (Phi) is 3.63. The molecule has 2 aromatic rings. The highest BCUT2D eigenvalue weighted by Gasteiger charge is 2.17. The van der Waals surface area contributed by atoms with Gasteiger partial charge in [0.1, 0.15) is 25.1 Å². The number of halogens is 2. The zero-order chi connectivity index (χ0) is 14.1. The Bertz CT molecular complexity index is 625. The van der Waals surface area contributed by atoms with Crippen molar-refractivity contribution in [3.63, 3.8) is 0 Å². The summed E-state index contributed by atoms with van der Waals surface area (Å²) < 4.78 is 24.9. The minimum Gasteiger partial charge on any atom is -0.486 e. The Morgan fingerprint density at radius 3 is 2.50 bits per heavy atom. The molecule has 3 nitrogen and oxygen atoms in total. The molecular weight excluding hydrogens is 327 g/mol. The van der Waals surface area contributed by atoms with Crippen LogP contribution in [0.3, 0.4) is 0 Å². The van der Waals surface area contributed by atoms with Gasteiger partial charge in [-0.15, -0.1) is 0 Å². The molecule has 104 valence electrons. The first kappa shape index (κ1) is 13.4. The van der Waals surface area contributed by atoms with E-state index in [9.17, 15) is 9.50 Å². The highest BCUT2D eigenvalue weighted by atomic mass is 79.9. The van der Waals surface area contributed by atoms with Crippen LogP contribution in [-0.4, -0.2) is 18.3 Å². The SMILES string of the molecule is OC(c1cc(F)cc(Br)c1)c1ccc2c(c1)OCCO2. The Hall–Kier alpha value is -1.59. The standard InChI is InChI=1S/C15H12BrFO3/c16-11-5-10(6-12(17)8-11)15(18)9-1-2-13-14(7-9)20-4-3-19-13/h1-2,5-8,15,18H,3-4H2. The number of rotatable bonds is 2. The molecule has 1 unspecified atom stereocenters. The maximum atomic E-state index is 13.4. The molecule has 5 heteroatoms. The molecule has 0 bridgehead atoms. The topological polar surface area (TPSA) is 38.7 Å². The average molecular weight is 339 g/mol. The van der Waals surface area contributed by atoms with Crippen molar-refractivity contribution in [3.05, 3.63) is 57.8 Å². The van der Waals surface area contributed by atoms with E-state index in [-0.39, 0.29) is 0 Å². The monoisotopic (exact) mass is 338 g/mol. The summed E-state index contributed by atoms with van der Waals surface area (Å²) in [5, 5.41) is 10.4. The predicted octanol–water partition coefficient (Wildman–Crippen LogP) is 3.44. The van der Waals surface area contributed by atoms with Crippen molar-refractivity contribution in [2.45, 2.75) is 6.10 Å². The molecule has 1 aliphatic heterocycles. The minimum absolute atomic E-state index is 0.397. The van der Waals surface area contributed by atoms with Crippen molar-refractivity contribution >= 4 is 15.9 Å². The van der Waals surface area contributed by atoms with Crippen molar-refractivity contribution in [1.82, 2.24) is 0 Å². The van der Waals surface area contributed by atoms with Crippen molar-refractivity contribution in [2.75, 3.05) is 13.2 Å². The van der Waals surface area contributed by atoms with Gasteiger partial charge in [0, 0.05) is 4.47 Å². The quantitative estimate of drug-likeness (QED) is 0.911. The molecule has 2 aromatic carbocycles. The van der Waals surface area contributed by atoms with Gasteiger partial charge in [0.05, 0.1) is 0 Å². The van der Waals surface area contributed by atoms with E-state index in [2.05, 4.69) is 15.9 Å². The van der Waals surface area contributed by atoms with E-state index in [0.717, 1.165) is 0 Å². The van der Waals surface area contributed by atoms with Gasteiger partial charge in [-0.3, -0.25) is 0 Å². The van der Waals surface area contributed by atoms with E-state index in [4.69, 9.17) is 9.47 Å². The molecule has 0 amide bonds. The van der Waals surface area contributed by atoms with Crippen LogP contribution in [0, 0.1) is 5.82 Å². The fourth-order valence-corrected chi connectivity index (χ4v) is 2.64. The predicted molar refractivity (Wildman–Crippen MR) is 75.6 cm³/mol. The third kappa shape index (κ3) is 2.64. The smallest absolute Gasteiger partial charge is 0.161 e. The Morgan fingerprint density at radius 2 is 1.75 bits per heavy atom. The van der Waals surface area contributed by atoms with Gasteiger partial charge in [0.15, 0.2) is 11.5 Å². The second-order valence-electron chi connectivity index (χ2n) is 4.51. The number of aliphatic hydroxyl groups is 1. The van der Waals surface area contributed by atoms with E-state index < -0.39 is 11.9 Å². The number of hydrogen-bond donors (Lipinski definition) is 1. The lowest BCUT2D eigenvalue weighted by Gasteiger charge is -2.20. The molecule has 0 fully saturated rings. The Labute approximate surface area is 124 Å². The van der Waals surface area contributed by atoms with Crippen molar-refractivity contribution < 1.29 is 19.0 Å². The van der Waals surface area contributed by atoms with E-state index in [1.807, 2.05) is 0 Å². The molecular formula is C15H12BrFO3. The van der Waals surface area contributed by atoms with Gasteiger partial charge in [-0.05, 0) is 41.5 Å². The number of benzene rings is 2. The fraction of sp³-hybridized carbons (Fsp3) is 0.200. The molecule has 0 spiro atoms. The summed E-state index contributed by atoms with van der Waals surface area (Å²) in [6, 6.07) is 9.56. The second kappa shape index (κ2) is 5.42. The zero-order valence-electron chi connectivity index (χ0n) is 10.5. The normalized spacial score (nSPS) is 14.9. The summed E-state index contributed by atoms with van der Waals surface area (Å²) in [6.07, 6.45) is -0.919. The number of fused-ring (bicyclic) bond motifs is 1. The first-order valence-corrected chi connectivity index (χ1v) is 6.96. The van der Waals surface area contributed by atoms with E-state index in [0.29, 0.717) is 40.3 Å². The molecule has 1 atom stereocenters. The lowest BCUT2D eigenvalue weighted by Crippen LogP contribution is -2.15. The van der Waals surface area contributed by atoms with Gasteiger partial charge in [0.25, 0.3) is 0 Å². The first-order valence-electron chi connectivity index (χ1n) is 6.17. The van der Waals surface area contributed by atoms with Gasteiger partial charge < -0.3 is 14.6 Å². The van der Waals surface area contributed by atoms with Crippen LogP contribution in [0.25, 0.3) is 0 Å². The number of ether oxygens (including phenoxy) is 2. The highest BCUT2D eigenvalue weighted by Crippen LogP contribution is 2.34. The summed E-state index contributed by atoms with van der Waals surface area (Å²) in [6.45, 7) is 1.00. The van der Waals surface area contributed by atoms with Gasteiger partial charge in [-0.25, -0.2) is 4.39 Å². The molecule has 0 aliphatic carbocycles. The van der Waals surface area contributed by atoms with Crippen molar-refractivity contribution in [3.8, 4) is 11.5 Å². The van der Waals surface area contributed by atoms with Crippen LogP contribution in [0.4, 0.5) is 4.39 Å². The molecule has 0 saturated carbocycles. The molecule has 1 heterocycles. The van der Waals surface area contributed by atoms with Crippen LogP contribution >= 0.6 is 15.9 Å².